The van der Waals surface area contributed by atoms with E-state index < -0.39 is 0 Å². The molecule has 6 heteroatoms. The fourth-order valence-electron chi connectivity index (χ4n) is 7.34. The number of hydrogen-bond acceptors (Lipinski definition) is 2. The summed E-state index contributed by atoms with van der Waals surface area (Å²) in [5.41, 5.74) is 0.253. The van der Waals surface area contributed by atoms with Crippen molar-refractivity contribution >= 4 is 49.0 Å². The average Bonchev–Trinajstić information content (AvgIpc) is 3.03. The van der Waals surface area contributed by atoms with Crippen LogP contribution in [0.25, 0.3) is 0 Å². The highest BCUT2D eigenvalue weighted by atomic mass is 128. The monoisotopic (exact) mass is 598 g/mol. The van der Waals surface area contributed by atoms with Gasteiger partial charge in [0.25, 0.3) is 0 Å². The highest BCUT2D eigenvalue weighted by Crippen LogP contribution is 2.65. The number of hydrogen-bond donors (Lipinski definition) is 1. The van der Waals surface area contributed by atoms with Gasteiger partial charge in [0, 0.05) is 68.7 Å². The maximum Gasteiger partial charge on any atom is 0.246 e. The second-order valence-electron chi connectivity index (χ2n) is 9.41. The minimum atomic E-state index is 0.0952. The molecule has 4 aliphatic rings. The van der Waals surface area contributed by atoms with Gasteiger partial charge in [-0.15, -0.1) is 0 Å². The SMILES string of the molecule is CNC(=O)C1CCC2C3CCC4N(C)C(=O)C=CC4(C)C3CCC12C.II. The quantitative estimate of drug-likeness (QED) is 0.443. The van der Waals surface area contributed by atoms with Crippen molar-refractivity contribution in [3.8, 4) is 0 Å². The van der Waals surface area contributed by atoms with Gasteiger partial charge in [-0.05, 0) is 67.8 Å². The molecule has 3 saturated carbocycles. The number of halogens is 2. The van der Waals surface area contributed by atoms with Gasteiger partial charge >= 0.3 is 0 Å². The number of rotatable bonds is 1. The third-order valence-electron chi connectivity index (χ3n) is 8.69. The normalized spacial score (nSPS) is 45.2. The summed E-state index contributed by atoms with van der Waals surface area (Å²) in [6.07, 6.45) is 10.9. The lowest BCUT2D eigenvalue weighted by Gasteiger charge is -2.60. The number of fused-ring (bicyclic) bond motifs is 5. The molecular weight excluding hydrogens is 566 g/mol. The molecule has 0 bridgehead atoms. The van der Waals surface area contributed by atoms with Crippen molar-refractivity contribution in [2.45, 2.75) is 58.4 Å². The van der Waals surface area contributed by atoms with Gasteiger partial charge < -0.3 is 10.2 Å². The predicted octanol–water partition coefficient (Wildman–Crippen LogP) is 4.76. The molecule has 1 heterocycles. The van der Waals surface area contributed by atoms with Gasteiger partial charge in [-0.2, -0.15) is 0 Å². The first-order chi connectivity index (χ1) is 12.8. The Kier molecular flexibility index (Phi) is 6.56. The van der Waals surface area contributed by atoms with Crippen LogP contribution in [0.1, 0.15) is 52.4 Å². The molecule has 0 saturated heterocycles. The lowest BCUT2D eigenvalue weighted by Crippen LogP contribution is -2.59. The van der Waals surface area contributed by atoms with E-state index in [1.165, 1.54) is 19.3 Å². The van der Waals surface area contributed by atoms with Crippen molar-refractivity contribution in [2.75, 3.05) is 14.1 Å². The average molecular weight is 598 g/mol. The van der Waals surface area contributed by atoms with Crippen molar-refractivity contribution in [3.05, 3.63) is 12.2 Å². The Morgan fingerprint density at radius 2 is 1.85 bits per heavy atom. The molecule has 4 rings (SSSR count). The maximum absolute atomic E-state index is 12.4. The Morgan fingerprint density at radius 3 is 2.52 bits per heavy atom. The van der Waals surface area contributed by atoms with Crippen molar-refractivity contribution < 1.29 is 9.59 Å². The molecule has 1 N–H and O–H groups in total. The van der Waals surface area contributed by atoms with E-state index >= 15 is 0 Å². The molecule has 152 valence electrons. The van der Waals surface area contributed by atoms with E-state index in [2.05, 4.69) is 62.5 Å². The summed E-state index contributed by atoms with van der Waals surface area (Å²) in [4.78, 5) is 26.5. The molecule has 7 unspecified atom stereocenters. The smallest absolute Gasteiger partial charge is 0.246 e. The predicted molar refractivity (Wildman–Crippen MR) is 126 cm³/mol. The molecule has 0 radical (unpaired) electrons. The Balaban J connectivity index is 0.00000102. The number of carbonyl (C=O) groups is 2. The number of carbonyl (C=O) groups excluding carboxylic acids is 2. The van der Waals surface area contributed by atoms with E-state index in [0.717, 1.165) is 19.3 Å². The van der Waals surface area contributed by atoms with Crippen LogP contribution < -0.4 is 5.32 Å². The van der Waals surface area contributed by atoms with Crippen molar-refractivity contribution in [1.29, 1.82) is 0 Å². The Hall–Kier alpha value is 0.140. The Bertz CT molecular complexity index is 640. The second-order valence-corrected chi connectivity index (χ2v) is 9.41. The van der Waals surface area contributed by atoms with Gasteiger partial charge in [0.1, 0.15) is 0 Å². The minimum absolute atomic E-state index is 0.0952. The zero-order valence-corrected chi connectivity index (χ0v) is 21.1. The summed E-state index contributed by atoms with van der Waals surface area (Å²) in [6.45, 7) is 4.75. The molecule has 0 spiro atoms. The fraction of sp³-hybridized carbons (Fsp3) is 0.810. The van der Waals surface area contributed by atoms with Crippen LogP contribution in [0.4, 0.5) is 0 Å². The zero-order valence-electron chi connectivity index (χ0n) is 16.8. The highest BCUT2D eigenvalue weighted by molar-refractivity contribution is 15.0. The van der Waals surface area contributed by atoms with E-state index in [0.29, 0.717) is 23.8 Å². The summed E-state index contributed by atoms with van der Waals surface area (Å²) >= 11 is 4.24. The third-order valence-corrected chi connectivity index (χ3v) is 8.69. The molecular formula is C21H32I2N2O2. The minimum Gasteiger partial charge on any atom is -0.359 e. The van der Waals surface area contributed by atoms with Gasteiger partial charge in [0.2, 0.25) is 11.8 Å². The van der Waals surface area contributed by atoms with E-state index in [1.807, 2.05) is 11.9 Å². The van der Waals surface area contributed by atoms with E-state index in [9.17, 15) is 9.59 Å². The van der Waals surface area contributed by atoms with Gasteiger partial charge in [0.15, 0.2) is 0 Å². The second kappa shape index (κ2) is 8.11. The van der Waals surface area contributed by atoms with Gasteiger partial charge in [-0.25, -0.2) is 0 Å². The first-order valence-corrected chi connectivity index (χ1v) is 16.4. The van der Waals surface area contributed by atoms with Crippen molar-refractivity contribution in [1.82, 2.24) is 10.2 Å². The summed E-state index contributed by atoms with van der Waals surface area (Å²) in [5.74, 6) is 2.57. The summed E-state index contributed by atoms with van der Waals surface area (Å²) in [6, 6.07) is 0.340. The van der Waals surface area contributed by atoms with Crippen molar-refractivity contribution in [2.24, 2.45) is 34.5 Å². The first kappa shape index (κ1) is 21.8. The maximum atomic E-state index is 12.4. The van der Waals surface area contributed by atoms with Gasteiger partial charge in [-0.3, -0.25) is 9.59 Å². The van der Waals surface area contributed by atoms with Gasteiger partial charge in [-0.1, -0.05) is 19.9 Å². The molecule has 2 amide bonds. The van der Waals surface area contributed by atoms with Gasteiger partial charge in [0.05, 0.1) is 0 Å². The van der Waals surface area contributed by atoms with E-state index in [-0.39, 0.29) is 28.6 Å². The summed E-state index contributed by atoms with van der Waals surface area (Å²) in [7, 11) is 3.75. The third kappa shape index (κ3) is 3.28. The fourth-order valence-corrected chi connectivity index (χ4v) is 7.34. The largest absolute Gasteiger partial charge is 0.359 e. The van der Waals surface area contributed by atoms with Crippen LogP contribution >= 0.6 is 37.2 Å². The van der Waals surface area contributed by atoms with E-state index in [4.69, 9.17) is 0 Å². The first-order valence-electron chi connectivity index (χ1n) is 10.1. The topological polar surface area (TPSA) is 49.4 Å². The highest BCUT2D eigenvalue weighted by Gasteiger charge is 2.61. The molecule has 0 aromatic rings. The number of nitrogens with one attached hydrogen (secondary N) is 1. The van der Waals surface area contributed by atoms with Crippen LogP contribution in [0.5, 0.6) is 0 Å². The number of amides is 2. The van der Waals surface area contributed by atoms with Crippen molar-refractivity contribution in [3.63, 3.8) is 0 Å². The van der Waals surface area contributed by atoms with Crippen LogP contribution in [0.2, 0.25) is 0 Å². The molecule has 3 aliphatic carbocycles. The summed E-state index contributed by atoms with van der Waals surface area (Å²) < 4.78 is 0. The van der Waals surface area contributed by atoms with Crippen LogP contribution in [0, 0.1) is 34.5 Å². The van der Waals surface area contributed by atoms with Crippen LogP contribution in [-0.2, 0) is 9.59 Å². The summed E-state index contributed by atoms with van der Waals surface area (Å²) in [5, 5.41) is 2.91. The van der Waals surface area contributed by atoms with Crippen LogP contribution in [0.3, 0.4) is 0 Å². The Morgan fingerprint density at radius 1 is 1.15 bits per heavy atom. The molecule has 0 aromatic carbocycles. The Labute approximate surface area is 187 Å². The standard InChI is InChI=1S/C21H32N2O2.I2/c1-20-11-9-15-13(14(20)6-7-16(20)19(25)22-3)5-8-17-21(15,2)12-10-18(24)23(17)4;1-2/h10,12-17H,5-9,11H2,1-4H3,(H,22,25);. The molecule has 0 aromatic heterocycles. The molecule has 27 heavy (non-hydrogen) atoms. The lowest BCUT2D eigenvalue weighted by molar-refractivity contribution is -0.142. The van der Waals surface area contributed by atoms with Crippen LogP contribution in [-0.4, -0.2) is 36.9 Å². The molecule has 4 nitrogen and oxygen atoms in total. The van der Waals surface area contributed by atoms with Crippen LogP contribution in [0.15, 0.2) is 12.2 Å². The zero-order chi connectivity index (χ0) is 20.0. The van der Waals surface area contributed by atoms with E-state index in [1.54, 1.807) is 13.1 Å². The number of likely N-dealkylation sites (N-methyl/N-ethyl adjacent to an activating group) is 1. The molecule has 7 atom stereocenters. The molecule has 3 fully saturated rings. The lowest BCUT2D eigenvalue weighted by atomic mass is 9.47. The number of nitrogens with zero attached hydrogens (tertiary/aromatic N) is 1. The molecule has 1 aliphatic heterocycles.